The molecule has 0 N–H and O–H groups in total. The third kappa shape index (κ3) is 4.14. The number of benzene rings is 2. The first-order valence-corrected chi connectivity index (χ1v) is 8.98. The van der Waals surface area contributed by atoms with Crippen LogP contribution in [0, 0.1) is 0 Å². The van der Waals surface area contributed by atoms with Gasteiger partial charge in [-0.1, -0.05) is 24.3 Å². The standard InChI is InChI=1S/C22H24O5/c1-4-26-22(23)21-19(13-14-27-21)20(15-5-9-17(24-2)10-6-15)16-7-11-18(25-3)12-8-16/h5-12,21H,4,13-14H2,1-3H3. The van der Waals surface area contributed by atoms with Crippen molar-refractivity contribution < 1.29 is 23.7 Å². The number of carbonyl (C=O) groups is 1. The van der Waals surface area contributed by atoms with Gasteiger partial charge in [0.1, 0.15) is 11.5 Å². The van der Waals surface area contributed by atoms with E-state index in [-0.39, 0.29) is 5.97 Å². The number of esters is 1. The van der Waals surface area contributed by atoms with Gasteiger partial charge < -0.3 is 18.9 Å². The molecule has 1 unspecified atom stereocenters. The van der Waals surface area contributed by atoms with Gasteiger partial charge in [-0.05, 0) is 59.9 Å². The van der Waals surface area contributed by atoms with Crippen molar-refractivity contribution in [3.05, 3.63) is 65.2 Å². The van der Waals surface area contributed by atoms with Crippen molar-refractivity contribution in [3.8, 4) is 11.5 Å². The molecule has 3 rings (SSSR count). The fourth-order valence-corrected chi connectivity index (χ4v) is 3.26. The van der Waals surface area contributed by atoms with Gasteiger partial charge in [0, 0.05) is 0 Å². The van der Waals surface area contributed by atoms with E-state index in [1.807, 2.05) is 48.5 Å². The number of rotatable bonds is 6. The molecule has 27 heavy (non-hydrogen) atoms. The first-order valence-electron chi connectivity index (χ1n) is 8.98. The Bertz CT molecular complexity index is 756. The minimum Gasteiger partial charge on any atom is -0.497 e. The number of methoxy groups -OCH3 is 2. The molecule has 1 saturated heterocycles. The van der Waals surface area contributed by atoms with Gasteiger partial charge in [-0.25, -0.2) is 4.79 Å². The third-order valence-electron chi connectivity index (χ3n) is 4.55. The Labute approximate surface area is 159 Å². The molecule has 1 aliphatic rings. The highest BCUT2D eigenvalue weighted by atomic mass is 16.6. The van der Waals surface area contributed by atoms with E-state index in [2.05, 4.69) is 0 Å². The molecule has 0 radical (unpaired) electrons. The Hall–Kier alpha value is -2.79. The highest BCUT2D eigenvalue weighted by molar-refractivity contribution is 5.89. The van der Waals surface area contributed by atoms with Gasteiger partial charge >= 0.3 is 5.97 Å². The summed E-state index contributed by atoms with van der Waals surface area (Å²) in [5.74, 6) is 1.22. The number of hydrogen-bond acceptors (Lipinski definition) is 5. The zero-order valence-electron chi connectivity index (χ0n) is 15.9. The van der Waals surface area contributed by atoms with Crippen molar-refractivity contribution in [2.24, 2.45) is 0 Å². The SMILES string of the molecule is CCOC(=O)C1OCCC1=C(c1ccc(OC)cc1)c1ccc(OC)cc1. The van der Waals surface area contributed by atoms with Crippen LogP contribution >= 0.6 is 0 Å². The van der Waals surface area contributed by atoms with Crippen LogP contribution in [0.15, 0.2) is 54.1 Å². The summed E-state index contributed by atoms with van der Waals surface area (Å²) in [6.45, 7) is 2.62. The molecule has 142 valence electrons. The van der Waals surface area contributed by atoms with Crippen LogP contribution < -0.4 is 9.47 Å². The van der Waals surface area contributed by atoms with Crippen molar-refractivity contribution in [2.45, 2.75) is 19.4 Å². The molecule has 2 aromatic carbocycles. The Kier molecular flexibility index (Phi) is 6.14. The van der Waals surface area contributed by atoms with Gasteiger partial charge in [-0.3, -0.25) is 0 Å². The zero-order valence-corrected chi connectivity index (χ0v) is 15.9. The number of ether oxygens (including phenoxy) is 4. The van der Waals surface area contributed by atoms with Crippen LogP contribution in [0.3, 0.4) is 0 Å². The van der Waals surface area contributed by atoms with Crippen LogP contribution in [0.5, 0.6) is 11.5 Å². The molecule has 0 bridgehead atoms. The van der Waals surface area contributed by atoms with Crippen LogP contribution in [0.1, 0.15) is 24.5 Å². The predicted molar refractivity (Wildman–Crippen MR) is 103 cm³/mol. The molecule has 1 fully saturated rings. The van der Waals surface area contributed by atoms with Gasteiger partial charge in [0.15, 0.2) is 6.10 Å². The molecule has 2 aromatic rings. The first kappa shape index (κ1) is 19.0. The summed E-state index contributed by atoms with van der Waals surface area (Å²) in [4.78, 5) is 12.4. The van der Waals surface area contributed by atoms with Crippen molar-refractivity contribution in [1.82, 2.24) is 0 Å². The average molecular weight is 368 g/mol. The second-order valence-electron chi connectivity index (χ2n) is 6.11. The van der Waals surface area contributed by atoms with Crippen LogP contribution in [-0.2, 0) is 14.3 Å². The van der Waals surface area contributed by atoms with Gasteiger partial charge in [0.25, 0.3) is 0 Å². The monoisotopic (exact) mass is 368 g/mol. The highest BCUT2D eigenvalue weighted by Crippen LogP contribution is 2.36. The summed E-state index contributed by atoms with van der Waals surface area (Å²) < 4.78 is 21.5. The lowest BCUT2D eigenvalue weighted by molar-refractivity contribution is -0.151. The second kappa shape index (κ2) is 8.73. The lowest BCUT2D eigenvalue weighted by Gasteiger charge is -2.17. The van der Waals surface area contributed by atoms with E-state index in [4.69, 9.17) is 18.9 Å². The van der Waals surface area contributed by atoms with Crippen molar-refractivity contribution in [1.29, 1.82) is 0 Å². The normalized spacial score (nSPS) is 16.1. The minimum absolute atomic E-state index is 0.326. The summed E-state index contributed by atoms with van der Waals surface area (Å²) in [6.07, 6.45) is 0.000743. The quantitative estimate of drug-likeness (QED) is 0.725. The van der Waals surface area contributed by atoms with E-state index >= 15 is 0 Å². The molecule has 0 spiro atoms. The van der Waals surface area contributed by atoms with E-state index in [1.54, 1.807) is 21.1 Å². The fraction of sp³-hybridized carbons (Fsp3) is 0.318. The van der Waals surface area contributed by atoms with Crippen molar-refractivity contribution in [3.63, 3.8) is 0 Å². The Morgan fingerprint density at radius 1 is 0.963 bits per heavy atom. The lowest BCUT2D eigenvalue weighted by Crippen LogP contribution is -2.24. The molecule has 0 aliphatic carbocycles. The summed E-state index contributed by atoms with van der Waals surface area (Å²) >= 11 is 0. The van der Waals surface area contributed by atoms with Gasteiger partial charge in [-0.2, -0.15) is 0 Å². The molecule has 1 aliphatic heterocycles. The molecule has 0 aromatic heterocycles. The Morgan fingerprint density at radius 2 is 1.48 bits per heavy atom. The summed E-state index contributed by atoms with van der Waals surface area (Å²) in [6, 6.07) is 15.6. The lowest BCUT2D eigenvalue weighted by atomic mass is 9.90. The summed E-state index contributed by atoms with van der Waals surface area (Å²) in [5.41, 5.74) is 3.91. The number of carbonyl (C=O) groups excluding carboxylic acids is 1. The molecule has 1 atom stereocenters. The fourth-order valence-electron chi connectivity index (χ4n) is 3.26. The minimum atomic E-state index is -0.677. The number of hydrogen-bond donors (Lipinski definition) is 0. The van der Waals surface area contributed by atoms with Crippen LogP contribution in [0.25, 0.3) is 5.57 Å². The van der Waals surface area contributed by atoms with Crippen molar-refractivity contribution >= 4 is 11.5 Å². The topological polar surface area (TPSA) is 54.0 Å². The maximum Gasteiger partial charge on any atom is 0.339 e. The third-order valence-corrected chi connectivity index (χ3v) is 4.55. The Balaban J connectivity index is 2.11. The highest BCUT2D eigenvalue weighted by Gasteiger charge is 2.33. The van der Waals surface area contributed by atoms with Crippen LogP contribution in [0.2, 0.25) is 0 Å². The zero-order chi connectivity index (χ0) is 19.2. The molecule has 5 heteroatoms. The molecule has 5 nitrogen and oxygen atoms in total. The second-order valence-corrected chi connectivity index (χ2v) is 6.11. The van der Waals surface area contributed by atoms with E-state index in [1.165, 1.54) is 0 Å². The Morgan fingerprint density at radius 3 is 1.93 bits per heavy atom. The largest absolute Gasteiger partial charge is 0.497 e. The molecule has 1 heterocycles. The smallest absolute Gasteiger partial charge is 0.339 e. The predicted octanol–water partition coefficient (Wildman–Crippen LogP) is 3.86. The van der Waals surface area contributed by atoms with Gasteiger partial charge in [0.2, 0.25) is 0 Å². The molecular formula is C22H24O5. The summed E-state index contributed by atoms with van der Waals surface area (Å²) in [5, 5.41) is 0. The van der Waals surface area contributed by atoms with Crippen LogP contribution in [0.4, 0.5) is 0 Å². The maximum atomic E-state index is 12.4. The molecule has 0 saturated carbocycles. The van der Waals surface area contributed by atoms with Gasteiger partial charge in [0.05, 0.1) is 27.4 Å². The first-order chi connectivity index (χ1) is 13.2. The molecule has 0 amide bonds. The van der Waals surface area contributed by atoms with Crippen LogP contribution in [-0.4, -0.2) is 39.5 Å². The summed E-state index contributed by atoms with van der Waals surface area (Å²) in [7, 11) is 3.28. The van der Waals surface area contributed by atoms with Crippen molar-refractivity contribution in [2.75, 3.05) is 27.4 Å². The van der Waals surface area contributed by atoms with E-state index < -0.39 is 6.10 Å². The van der Waals surface area contributed by atoms with E-state index in [9.17, 15) is 4.79 Å². The maximum absolute atomic E-state index is 12.4. The average Bonchev–Trinajstić information content (AvgIpc) is 3.19. The van der Waals surface area contributed by atoms with E-state index in [0.717, 1.165) is 33.8 Å². The van der Waals surface area contributed by atoms with E-state index in [0.29, 0.717) is 19.6 Å². The molecular weight excluding hydrogens is 344 g/mol. The van der Waals surface area contributed by atoms with Gasteiger partial charge in [-0.15, -0.1) is 0 Å².